The van der Waals surface area contributed by atoms with Crippen molar-refractivity contribution in [2.45, 2.75) is 20.3 Å². The molecule has 0 bridgehead atoms. The van der Waals surface area contributed by atoms with Crippen LogP contribution in [-0.4, -0.2) is 36.3 Å². The van der Waals surface area contributed by atoms with Gasteiger partial charge in [0.2, 0.25) is 5.95 Å². The van der Waals surface area contributed by atoms with Crippen molar-refractivity contribution < 1.29 is 4.74 Å². The molecule has 2 heterocycles. The van der Waals surface area contributed by atoms with Crippen molar-refractivity contribution in [2.75, 3.05) is 31.2 Å². The Labute approximate surface area is 101 Å². The molecule has 1 aliphatic heterocycles. The average Bonchev–Trinajstić information content (AvgIpc) is 2.33. The van der Waals surface area contributed by atoms with E-state index in [0.29, 0.717) is 5.15 Å². The summed E-state index contributed by atoms with van der Waals surface area (Å²) in [6.45, 7) is 7.18. The number of ether oxygens (including phenoxy) is 1. The Kier molecular flexibility index (Phi) is 3.61. The topological polar surface area (TPSA) is 38.2 Å². The molecular formula is C11H16ClN3O. The number of hydrogen-bond donors (Lipinski definition) is 0. The lowest BCUT2D eigenvalue weighted by atomic mass is 10.2. The minimum absolute atomic E-state index is 0.563. The van der Waals surface area contributed by atoms with Crippen LogP contribution >= 0.6 is 11.6 Å². The second kappa shape index (κ2) is 4.97. The molecule has 0 radical (unpaired) electrons. The molecule has 0 N–H and O–H groups in total. The van der Waals surface area contributed by atoms with Crippen LogP contribution in [0.15, 0.2) is 0 Å². The van der Waals surface area contributed by atoms with Crippen LogP contribution in [0.2, 0.25) is 5.15 Å². The second-order valence-electron chi connectivity index (χ2n) is 3.84. The van der Waals surface area contributed by atoms with Gasteiger partial charge in [-0.3, -0.25) is 0 Å². The molecule has 2 rings (SSSR count). The quantitative estimate of drug-likeness (QED) is 0.741. The normalized spacial score (nSPS) is 16.6. The summed E-state index contributed by atoms with van der Waals surface area (Å²) in [5.74, 6) is 0.732. The number of hydrogen-bond acceptors (Lipinski definition) is 4. The fourth-order valence-corrected chi connectivity index (χ4v) is 1.95. The lowest BCUT2D eigenvalue weighted by Crippen LogP contribution is -2.37. The number of nitrogens with zero attached hydrogens (tertiary/aromatic N) is 3. The van der Waals surface area contributed by atoms with Gasteiger partial charge in [-0.05, 0) is 13.3 Å². The third-order valence-corrected chi connectivity index (χ3v) is 3.17. The molecule has 0 spiro atoms. The number of rotatable bonds is 2. The molecule has 1 aromatic heterocycles. The zero-order valence-electron chi connectivity index (χ0n) is 9.66. The van der Waals surface area contributed by atoms with E-state index in [1.54, 1.807) is 0 Å². The summed E-state index contributed by atoms with van der Waals surface area (Å²) >= 11 is 6.11. The zero-order valence-corrected chi connectivity index (χ0v) is 10.4. The number of aromatic nitrogens is 2. The Hall–Kier alpha value is -0.870. The number of anilines is 1. The predicted octanol–water partition coefficient (Wildman–Crippen LogP) is 1.84. The summed E-state index contributed by atoms with van der Waals surface area (Å²) in [7, 11) is 0. The van der Waals surface area contributed by atoms with E-state index >= 15 is 0 Å². The Morgan fingerprint density at radius 2 is 2.00 bits per heavy atom. The summed E-state index contributed by atoms with van der Waals surface area (Å²) in [4.78, 5) is 11.0. The molecule has 1 saturated heterocycles. The summed E-state index contributed by atoms with van der Waals surface area (Å²) in [6, 6.07) is 0. The van der Waals surface area contributed by atoms with E-state index in [4.69, 9.17) is 16.3 Å². The molecule has 5 heteroatoms. The van der Waals surface area contributed by atoms with Gasteiger partial charge in [-0.2, -0.15) is 0 Å². The van der Waals surface area contributed by atoms with Crippen molar-refractivity contribution in [3.63, 3.8) is 0 Å². The van der Waals surface area contributed by atoms with Crippen LogP contribution in [0.3, 0.4) is 0 Å². The molecule has 0 aliphatic carbocycles. The summed E-state index contributed by atoms with van der Waals surface area (Å²) < 4.78 is 5.30. The van der Waals surface area contributed by atoms with Crippen molar-refractivity contribution in [1.82, 2.24) is 9.97 Å². The first-order valence-electron chi connectivity index (χ1n) is 5.58. The first-order valence-corrected chi connectivity index (χ1v) is 5.96. The van der Waals surface area contributed by atoms with E-state index in [9.17, 15) is 0 Å². The van der Waals surface area contributed by atoms with Gasteiger partial charge in [0.1, 0.15) is 5.15 Å². The predicted molar refractivity (Wildman–Crippen MR) is 64.2 cm³/mol. The number of aryl methyl sites for hydroxylation is 1. The second-order valence-corrected chi connectivity index (χ2v) is 4.20. The van der Waals surface area contributed by atoms with Crippen LogP contribution in [0, 0.1) is 6.92 Å². The van der Waals surface area contributed by atoms with Gasteiger partial charge in [-0.25, -0.2) is 9.97 Å². The highest BCUT2D eigenvalue weighted by molar-refractivity contribution is 6.30. The first-order chi connectivity index (χ1) is 7.72. The molecule has 16 heavy (non-hydrogen) atoms. The highest BCUT2D eigenvalue weighted by Gasteiger charge is 2.16. The van der Waals surface area contributed by atoms with E-state index in [2.05, 4.69) is 21.8 Å². The molecule has 0 aromatic carbocycles. The Morgan fingerprint density at radius 1 is 1.31 bits per heavy atom. The van der Waals surface area contributed by atoms with Crippen LogP contribution in [-0.2, 0) is 11.2 Å². The molecule has 4 nitrogen and oxygen atoms in total. The van der Waals surface area contributed by atoms with Gasteiger partial charge in [0.05, 0.1) is 18.9 Å². The van der Waals surface area contributed by atoms with Gasteiger partial charge in [0, 0.05) is 18.7 Å². The van der Waals surface area contributed by atoms with E-state index in [-0.39, 0.29) is 0 Å². The zero-order chi connectivity index (χ0) is 11.5. The fourth-order valence-electron chi connectivity index (χ4n) is 1.77. The van der Waals surface area contributed by atoms with E-state index < -0.39 is 0 Å². The van der Waals surface area contributed by atoms with Gasteiger partial charge in [0.25, 0.3) is 0 Å². The Morgan fingerprint density at radius 3 is 2.62 bits per heavy atom. The van der Waals surface area contributed by atoms with Gasteiger partial charge in [0.15, 0.2) is 0 Å². The van der Waals surface area contributed by atoms with Crippen LogP contribution in [0.5, 0.6) is 0 Å². The van der Waals surface area contributed by atoms with Crippen LogP contribution in [0.25, 0.3) is 0 Å². The third kappa shape index (κ3) is 2.28. The van der Waals surface area contributed by atoms with Crippen molar-refractivity contribution in [2.24, 2.45) is 0 Å². The molecule has 0 unspecified atom stereocenters. The SMILES string of the molecule is CCc1nc(N2CCOCC2)nc(Cl)c1C. The standard InChI is InChI=1S/C11H16ClN3O/c1-3-9-8(2)10(12)14-11(13-9)15-4-6-16-7-5-15/h3-7H2,1-2H3. The largest absolute Gasteiger partial charge is 0.378 e. The molecule has 1 aromatic rings. The first kappa shape index (κ1) is 11.6. The Balaban J connectivity index is 2.29. The van der Waals surface area contributed by atoms with Gasteiger partial charge >= 0.3 is 0 Å². The third-order valence-electron chi connectivity index (χ3n) is 2.80. The number of halogens is 1. The van der Waals surface area contributed by atoms with Crippen molar-refractivity contribution in [3.05, 3.63) is 16.4 Å². The highest BCUT2D eigenvalue weighted by Crippen LogP contribution is 2.20. The van der Waals surface area contributed by atoms with E-state index in [0.717, 1.165) is 49.9 Å². The van der Waals surface area contributed by atoms with Crippen molar-refractivity contribution >= 4 is 17.5 Å². The van der Waals surface area contributed by atoms with E-state index in [1.807, 2.05) is 6.92 Å². The maximum absolute atomic E-state index is 6.11. The Bertz CT molecular complexity index is 378. The van der Waals surface area contributed by atoms with Crippen LogP contribution in [0.4, 0.5) is 5.95 Å². The summed E-state index contributed by atoms with van der Waals surface area (Å²) in [5.41, 5.74) is 2.02. The lowest BCUT2D eigenvalue weighted by Gasteiger charge is -2.27. The maximum atomic E-state index is 6.11. The maximum Gasteiger partial charge on any atom is 0.227 e. The summed E-state index contributed by atoms with van der Waals surface area (Å²) in [6.07, 6.45) is 0.880. The highest BCUT2D eigenvalue weighted by atomic mass is 35.5. The fraction of sp³-hybridized carbons (Fsp3) is 0.636. The smallest absolute Gasteiger partial charge is 0.227 e. The van der Waals surface area contributed by atoms with Crippen molar-refractivity contribution in [3.8, 4) is 0 Å². The van der Waals surface area contributed by atoms with Gasteiger partial charge in [-0.15, -0.1) is 0 Å². The molecule has 0 saturated carbocycles. The van der Waals surface area contributed by atoms with E-state index in [1.165, 1.54) is 0 Å². The van der Waals surface area contributed by atoms with Crippen molar-refractivity contribution in [1.29, 1.82) is 0 Å². The monoisotopic (exact) mass is 241 g/mol. The number of morpholine rings is 1. The minimum Gasteiger partial charge on any atom is -0.378 e. The van der Waals surface area contributed by atoms with Gasteiger partial charge in [-0.1, -0.05) is 18.5 Å². The lowest BCUT2D eigenvalue weighted by molar-refractivity contribution is 0.122. The molecule has 0 amide bonds. The molecule has 1 fully saturated rings. The summed E-state index contributed by atoms with van der Waals surface area (Å²) in [5, 5.41) is 0.563. The van der Waals surface area contributed by atoms with Gasteiger partial charge < -0.3 is 9.64 Å². The molecular weight excluding hydrogens is 226 g/mol. The minimum atomic E-state index is 0.563. The molecule has 1 aliphatic rings. The molecule has 88 valence electrons. The van der Waals surface area contributed by atoms with Crippen LogP contribution < -0.4 is 4.90 Å². The molecule has 0 atom stereocenters. The van der Waals surface area contributed by atoms with Crippen LogP contribution in [0.1, 0.15) is 18.2 Å². The average molecular weight is 242 g/mol.